The summed E-state index contributed by atoms with van der Waals surface area (Å²) in [7, 11) is 0. The van der Waals surface area contributed by atoms with Crippen molar-refractivity contribution in [1.82, 2.24) is 5.32 Å². The van der Waals surface area contributed by atoms with Gasteiger partial charge in [0.25, 0.3) is 0 Å². The first-order valence-corrected chi connectivity index (χ1v) is 8.84. The monoisotopic (exact) mass is 354 g/mol. The maximum atomic E-state index is 5.80. The summed E-state index contributed by atoms with van der Waals surface area (Å²) in [5, 5.41) is 3.60. The normalized spacial score (nSPS) is 20.6. The van der Waals surface area contributed by atoms with Crippen LogP contribution in [0.2, 0.25) is 0 Å². The average molecular weight is 355 g/mol. The fourth-order valence-corrected chi connectivity index (χ4v) is 3.19. The molecule has 0 amide bonds. The number of hydrogen-bond donors (Lipinski definition) is 1. The minimum atomic E-state index is 0.356. The van der Waals surface area contributed by atoms with E-state index in [9.17, 15) is 0 Å². The number of ether oxygens (including phenoxy) is 1. The van der Waals surface area contributed by atoms with E-state index in [2.05, 4.69) is 65.1 Å². The van der Waals surface area contributed by atoms with Crippen molar-refractivity contribution in [1.29, 1.82) is 0 Å². The smallest absolute Gasteiger partial charge is 0.0748 e. The van der Waals surface area contributed by atoms with E-state index in [1.54, 1.807) is 0 Å². The Morgan fingerprint density at radius 2 is 2.24 bits per heavy atom. The lowest BCUT2D eigenvalue weighted by Crippen LogP contribution is -2.43. The van der Waals surface area contributed by atoms with Gasteiger partial charge in [-0.1, -0.05) is 29.8 Å². The van der Waals surface area contributed by atoms with Crippen LogP contribution in [-0.4, -0.2) is 32.3 Å². The van der Waals surface area contributed by atoms with E-state index < -0.39 is 0 Å². The van der Waals surface area contributed by atoms with Crippen LogP contribution in [0.3, 0.4) is 0 Å². The van der Waals surface area contributed by atoms with Crippen LogP contribution in [0.1, 0.15) is 45.2 Å². The minimum absolute atomic E-state index is 0.356. The number of morpholine rings is 1. The van der Waals surface area contributed by atoms with Crippen LogP contribution in [0.5, 0.6) is 0 Å². The fourth-order valence-electron chi connectivity index (χ4n) is 2.82. The van der Waals surface area contributed by atoms with Gasteiger partial charge in [-0.05, 0) is 50.1 Å². The number of anilines is 1. The van der Waals surface area contributed by atoms with Gasteiger partial charge in [0.2, 0.25) is 0 Å². The van der Waals surface area contributed by atoms with Gasteiger partial charge in [-0.15, -0.1) is 0 Å². The van der Waals surface area contributed by atoms with Crippen LogP contribution in [0.25, 0.3) is 0 Å². The first kappa shape index (κ1) is 16.8. The lowest BCUT2D eigenvalue weighted by Gasteiger charge is -2.36. The molecule has 2 rings (SSSR count). The SMILES string of the molecule is CCCNC(C)c1cc(Br)ccc1N1CCOC(CC)C1. The van der Waals surface area contributed by atoms with Crippen molar-refractivity contribution in [2.24, 2.45) is 0 Å². The van der Waals surface area contributed by atoms with E-state index in [0.717, 1.165) is 43.6 Å². The summed E-state index contributed by atoms with van der Waals surface area (Å²) in [4.78, 5) is 2.48. The number of nitrogens with one attached hydrogen (secondary N) is 1. The summed E-state index contributed by atoms with van der Waals surface area (Å²) < 4.78 is 6.95. The third kappa shape index (κ3) is 4.44. The Bertz CT molecular complexity index is 452. The fraction of sp³-hybridized carbons (Fsp3) is 0.647. The molecule has 1 aromatic rings. The molecule has 1 aliphatic heterocycles. The van der Waals surface area contributed by atoms with Gasteiger partial charge < -0.3 is 15.0 Å². The zero-order valence-corrected chi connectivity index (χ0v) is 14.9. The van der Waals surface area contributed by atoms with Crippen LogP contribution in [0.4, 0.5) is 5.69 Å². The quantitative estimate of drug-likeness (QED) is 0.831. The summed E-state index contributed by atoms with van der Waals surface area (Å²) in [5.74, 6) is 0. The number of hydrogen-bond acceptors (Lipinski definition) is 3. The first-order chi connectivity index (χ1) is 10.2. The zero-order valence-electron chi connectivity index (χ0n) is 13.4. The number of benzene rings is 1. The van der Waals surface area contributed by atoms with Crippen LogP contribution in [-0.2, 0) is 4.74 Å². The van der Waals surface area contributed by atoms with Gasteiger partial charge in [-0.3, -0.25) is 0 Å². The molecule has 0 aliphatic carbocycles. The maximum Gasteiger partial charge on any atom is 0.0748 e. The number of halogens is 1. The molecule has 1 fully saturated rings. The Balaban J connectivity index is 2.21. The third-order valence-corrected chi connectivity index (χ3v) is 4.58. The van der Waals surface area contributed by atoms with Gasteiger partial charge >= 0.3 is 0 Å². The highest BCUT2D eigenvalue weighted by Gasteiger charge is 2.22. The number of rotatable bonds is 6. The molecule has 2 atom stereocenters. The first-order valence-electron chi connectivity index (χ1n) is 8.05. The molecule has 2 unspecified atom stereocenters. The van der Waals surface area contributed by atoms with E-state index in [0.29, 0.717) is 12.1 Å². The minimum Gasteiger partial charge on any atom is -0.375 e. The molecule has 3 nitrogen and oxygen atoms in total. The van der Waals surface area contributed by atoms with Crippen molar-refractivity contribution in [3.8, 4) is 0 Å². The van der Waals surface area contributed by atoms with E-state index >= 15 is 0 Å². The molecule has 0 bridgehead atoms. The maximum absolute atomic E-state index is 5.80. The van der Waals surface area contributed by atoms with Gasteiger partial charge in [0.1, 0.15) is 0 Å². The molecule has 1 heterocycles. The zero-order chi connectivity index (χ0) is 15.2. The molecule has 1 aromatic carbocycles. The molecule has 1 N–H and O–H groups in total. The molecule has 21 heavy (non-hydrogen) atoms. The van der Waals surface area contributed by atoms with Gasteiger partial charge in [0.15, 0.2) is 0 Å². The molecular weight excluding hydrogens is 328 g/mol. The summed E-state index contributed by atoms with van der Waals surface area (Å²) in [6.07, 6.45) is 2.59. The molecule has 1 aliphatic rings. The second kappa shape index (κ2) is 8.16. The van der Waals surface area contributed by atoms with Crippen molar-refractivity contribution in [3.63, 3.8) is 0 Å². The molecule has 118 valence electrons. The van der Waals surface area contributed by atoms with E-state index in [1.807, 2.05) is 0 Å². The Morgan fingerprint density at radius 1 is 1.43 bits per heavy atom. The second-order valence-electron chi connectivity index (χ2n) is 5.73. The van der Waals surface area contributed by atoms with Crippen molar-refractivity contribution in [2.75, 3.05) is 31.1 Å². The van der Waals surface area contributed by atoms with E-state index in [-0.39, 0.29) is 0 Å². The Morgan fingerprint density at radius 3 is 2.95 bits per heavy atom. The summed E-state index contributed by atoms with van der Waals surface area (Å²) in [6.45, 7) is 10.5. The van der Waals surface area contributed by atoms with Crippen molar-refractivity contribution in [3.05, 3.63) is 28.2 Å². The van der Waals surface area contributed by atoms with Gasteiger partial charge in [0.05, 0.1) is 12.7 Å². The Labute approximate surface area is 137 Å². The molecular formula is C17H27BrN2O. The third-order valence-electron chi connectivity index (χ3n) is 4.09. The molecule has 0 aromatic heterocycles. The molecule has 0 saturated carbocycles. The van der Waals surface area contributed by atoms with Crippen molar-refractivity contribution < 1.29 is 4.74 Å². The van der Waals surface area contributed by atoms with Crippen LogP contribution < -0.4 is 10.2 Å². The lowest BCUT2D eigenvalue weighted by molar-refractivity contribution is 0.0383. The largest absolute Gasteiger partial charge is 0.375 e. The van der Waals surface area contributed by atoms with Crippen LogP contribution in [0, 0.1) is 0 Å². The summed E-state index contributed by atoms with van der Waals surface area (Å²) in [5.41, 5.74) is 2.71. The van der Waals surface area contributed by atoms with Crippen LogP contribution >= 0.6 is 15.9 Å². The van der Waals surface area contributed by atoms with Gasteiger partial charge in [0, 0.05) is 29.3 Å². The highest BCUT2D eigenvalue weighted by atomic mass is 79.9. The molecule has 1 saturated heterocycles. The summed E-state index contributed by atoms with van der Waals surface area (Å²) >= 11 is 3.61. The highest BCUT2D eigenvalue weighted by molar-refractivity contribution is 9.10. The van der Waals surface area contributed by atoms with Crippen LogP contribution in [0.15, 0.2) is 22.7 Å². The van der Waals surface area contributed by atoms with Crippen molar-refractivity contribution >= 4 is 21.6 Å². The van der Waals surface area contributed by atoms with Gasteiger partial charge in [-0.25, -0.2) is 0 Å². The average Bonchev–Trinajstić information content (AvgIpc) is 2.52. The van der Waals surface area contributed by atoms with E-state index in [1.165, 1.54) is 11.3 Å². The second-order valence-corrected chi connectivity index (χ2v) is 6.64. The Hall–Kier alpha value is -0.580. The lowest BCUT2D eigenvalue weighted by atomic mass is 10.0. The number of nitrogens with zero attached hydrogens (tertiary/aromatic N) is 1. The predicted octanol–water partition coefficient (Wildman–Crippen LogP) is 4.12. The highest BCUT2D eigenvalue weighted by Crippen LogP contribution is 2.31. The topological polar surface area (TPSA) is 24.5 Å². The predicted molar refractivity (Wildman–Crippen MR) is 93.1 cm³/mol. The van der Waals surface area contributed by atoms with E-state index in [4.69, 9.17) is 4.74 Å². The standard InChI is InChI=1S/C17H27BrN2O/c1-4-8-19-13(3)16-11-14(18)6-7-17(16)20-9-10-21-15(5-2)12-20/h6-7,11,13,15,19H,4-5,8-10,12H2,1-3H3. The molecule has 4 heteroatoms. The van der Waals surface area contributed by atoms with Crippen molar-refractivity contribution in [2.45, 2.75) is 45.8 Å². The van der Waals surface area contributed by atoms with Gasteiger partial charge in [-0.2, -0.15) is 0 Å². The summed E-state index contributed by atoms with van der Waals surface area (Å²) in [6, 6.07) is 6.99. The Kier molecular flexibility index (Phi) is 6.52. The molecule has 0 radical (unpaired) electrons. The molecule has 0 spiro atoms.